The van der Waals surface area contributed by atoms with Gasteiger partial charge in [0.25, 0.3) is 5.56 Å². The van der Waals surface area contributed by atoms with Crippen molar-refractivity contribution in [3.8, 4) is 0 Å². The van der Waals surface area contributed by atoms with Crippen molar-refractivity contribution in [3.63, 3.8) is 0 Å². The first-order valence-corrected chi connectivity index (χ1v) is 15.7. The molecule has 4 unspecified atom stereocenters. The topological polar surface area (TPSA) is 307 Å². The highest BCUT2D eigenvalue weighted by atomic mass is 31.2. The van der Waals surface area contributed by atoms with E-state index in [1.165, 1.54) is 10.8 Å². The minimum absolute atomic E-state index is 0.0516. The number of H-pyrrole nitrogens is 1. The van der Waals surface area contributed by atoms with Crippen LogP contribution in [-0.2, 0) is 32.2 Å². The maximum absolute atomic E-state index is 13.1. The zero-order valence-corrected chi connectivity index (χ0v) is 24.2. The molecule has 0 saturated carbocycles. The first kappa shape index (κ1) is 30.7. The summed E-state index contributed by atoms with van der Waals surface area (Å²) in [6.07, 6.45) is -6.47. The second-order valence-corrected chi connectivity index (χ2v) is 12.0. The number of nitrogen functional groups attached to an aromatic ring is 2. The van der Waals surface area contributed by atoms with Gasteiger partial charge in [-0.15, -0.1) is 0 Å². The lowest BCUT2D eigenvalue weighted by Crippen LogP contribution is -2.35. The van der Waals surface area contributed by atoms with E-state index < -0.39 is 77.7 Å². The molecule has 21 nitrogen and oxygen atoms in total. The number of hydrogen-bond donors (Lipinski definition) is 7. The van der Waals surface area contributed by atoms with Crippen molar-refractivity contribution in [2.45, 2.75) is 49.3 Å². The van der Waals surface area contributed by atoms with Gasteiger partial charge in [0.2, 0.25) is 5.95 Å². The molecule has 4 aromatic heterocycles. The lowest BCUT2D eigenvalue weighted by atomic mass is 10.1. The monoisotopic (exact) mass is 659 g/mol. The van der Waals surface area contributed by atoms with E-state index in [-0.39, 0.29) is 29.4 Å². The van der Waals surface area contributed by atoms with E-state index in [0.717, 1.165) is 10.9 Å². The van der Waals surface area contributed by atoms with Gasteiger partial charge in [-0.2, -0.15) is 10.1 Å². The molecule has 2 fully saturated rings. The summed E-state index contributed by atoms with van der Waals surface area (Å²) in [5, 5.41) is 24.6. The van der Waals surface area contributed by atoms with Gasteiger partial charge in [-0.1, -0.05) is 0 Å². The largest absolute Gasteiger partial charge is 0.472 e. The minimum atomic E-state index is -5.05. The number of nitrogens with one attached hydrogen (secondary N) is 1. The van der Waals surface area contributed by atoms with Gasteiger partial charge in [0.05, 0.1) is 31.3 Å². The van der Waals surface area contributed by atoms with E-state index in [4.69, 9.17) is 34.5 Å². The van der Waals surface area contributed by atoms with Gasteiger partial charge >= 0.3 is 16.1 Å². The number of aliphatic hydroxyl groups excluding tert-OH is 2. The van der Waals surface area contributed by atoms with Crippen LogP contribution in [0.4, 0.5) is 11.8 Å². The number of phosphoric ester groups is 1. The number of ether oxygens (including phenoxy) is 2. The van der Waals surface area contributed by atoms with Crippen LogP contribution in [0.5, 0.6) is 0 Å². The Bertz CT molecular complexity index is 1820. The summed E-state index contributed by atoms with van der Waals surface area (Å²) in [6.45, 7) is -1.34. The SMILES string of the molecule is Nc1nc2c(ncn2[C@@H]2O[C@H](CO)[C@@H](O)C2OP(=O)(O)OC[C@H]2O[C@@H](c3ccc4c(N)ncnn34)CC2O[PH](=O)O)c(=O)[nH]1. The molecule has 0 bridgehead atoms. The summed E-state index contributed by atoms with van der Waals surface area (Å²) < 4.78 is 54.6. The number of anilines is 2. The molecule has 0 radical (unpaired) electrons. The van der Waals surface area contributed by atoms with Crippen molar-refractivity contribution >= 4 is 44.5 Å². The molecule has 6 heterocycles. The Hall–Kier alpha value is -3.33. The lowest BCUT2D eigenvalue weighted by molar-refractivity contribution is -0.0545. The Morgan fingerprint density at radius 1 is 1.23 bits per heavy atom. The first-order chi connectivity index (χ1) is 21.0. The fourth-order valence-electron chi connectivity index (χ4n) is 5.21. The molecule has 23 heteroatoms. The van der Waals surface area contributed by atoms with Crippen molar-refractivity contribution in [2.75, 3.05) is 24.7 Å². The number of aromatic amines is 1. The van der Waals surface area contributed by atoms with Gasteiger partial charge < -0.3 is 45.5 Å². The van der Waals surface area contributed by atoms with Crippen LogP contribution in [-0.4, -0.2) is 97.9 Å². The van der Waals surface area contributed by atoms with Crippen LogP contribution < -0.4 is 17.0 Å². The predicted octanol–water partition coefficient (Wildman–Crippen LogP) is -1.62. The number of nitrogens with zero attached hydrogens (tertiary/aromatic N) is 6. The summed E-state index contributed by atoms with van der Waals surface area (Å²) in [5.41, 5.74) is 11.6. The number of imidazole rings is 1. The lowest BCUT2D eigenvalue weighted by Gasteiger charge is -2.25. The highest BCUT2D eigenvalue weighted by Crippen LogP contribution is 2.50. The van der Waals surface area contributed by atoms with Gasteiger partial charge in [-0.25, -0.2) is 19.0 Å². The number of rotatable bonds is 10. The Labute approximate surface area is 245 Å². The summed E-state index contributed by atoms with van der Waals surface area (Å²) in [7, 11) is -8.51. The minimum Gasteiger partial charge on any atom is -0.394 e. The summed E-state index contributed by atoms with van der Waals surface area (Å²) in [6, 6.07) is 3.33. The Morgan fingerprint density at radius 2 is 2.02 bits per heavy atom. The van der Waals surface area contributed by atoms with Crippen molar-refractivity contribution in [2.24, 2.45) is 0 Å². The summed E-state index contributed by atoms with van der Waals surface area (Å²) >= 11 is 0. The van der Waals surface area contributed by atoms with Crippen molar-refractivity contribution in [1.82, 2.24) is 34.1 Å². The molecule has 2 aliphatic heterocycles. The molecule has 2 saturated heterocycles. The van der Waals surface area contributed by atoms with Crippen LogP contribution in [0, 0.1) is 0 Å². The highest BCUT2D eigenvalue weighted by molar-refractivity contribution is 7.47. The molecule has 0 amide bonds. The first-order valence-electron chi connectivity index (χ1n) is 12.9. The zero-order valence-electron chi connectivity index (χ0n) is 22.3. The van der Waals surface area contributed by atoms with E-state index in [1.807, 2.05) is 0 Å². The summed E-state index contributed by atoms with van der Waals surface area (Å²) in [4.78, 5) is 46.5. The molecular formula is C21H27N9O12P2. The second kappa shape index (κ2) is 11.9. The van der Waals surface area contributed by atoms with Gasteiger partial charge in [0.1, 0.15) is 42.4 Å². The smallest absolute Gasteiger partial charge is 0.394 e. The van der Waals surface area contributed by atoms with Crippen LogP contribution in [0.1, 0.15) is 24.4 Å². The Balaban J connectivity index is 1.20. The van der Waals surface area contributed by atoms with Gasteiger partial charge in [-0.3, -0.25) is 28.0 Å². The number of hydrogen-bond acceptors (Lipinski definition) is 16. The molecule has 2 aliphatic rings. The van der Waals surface area contributed by atoms with E-state index >= 15 is 0 Å². The van der Waals surface area contributed by atoms with E-state index in [2.05, 4.69) is 25.0 Å². The number of nitrogens with two attached hydrogens (primary N) is 2. The quantitative estimate of drug-likeness (QED) is 0.0940. The number of aromatic nitrogens is 7. The van der Waals surface area contributed by atoms with Crippen LogP contribution in [0.15, 0.2) is 29.6 Å². The highest BCUT2D eigenvalue weighted by Gasteiger charge is 2.50. The van der Waals surface area contributed by atoms with Crippen molar-refractivity contribution in [3.05, 3.63) is 40.8 Å². The Kier molecular flexibility index (Phi) is 8.28. The third kappa shape index (κ3) is 5.75. The van der Waals surface area contributed by atoms with Gasteiger partial charge in [0, 0.05) is 6.42 Å². The molecule has 9 atom stereocenters. The maximum Gasteiger partial charge on any atom is 0.472 e. The zero-order chi connectivity index (χ0) is 31.3. The third-order valence-electron chi connectivity index (χ3n) is 7.17. The van der Waals surface area contributed by atoms with Crippen LogP contribution in [0.2, 0.25) is 0 Å². The normalized spacial score (nSPS) is 29.4. The molecule has 4 aromatic rings. The van der Waals surface area contributed by atoms with Crippen LogP contribution in [0.3, 0.4) is 0 Å². The fourth-order valence-corrected chi connectivity index (χ4v) is 6.65. The standard InChI is InChI=1S/C21H27N9O12P2/c22-17-9-2-1-8(30(9)26-6-24-17)10-3-11(41-43(34)35)13(39-10)5-38-44(36,37)42-16-15(32)12(4-31)40-20(16)29-7-25-14-18(29)27-21(23)28-19(14)33/h1-2,6-7,10-13,15-16,20,31-32,43H,3-5H2,(H,34,35)(H,36,37)(H2,22,24,26)(H3,23,27,28,33)/t10-,11?,12-,13-,15-,16?,20-/m1/s1. The average molecular weight is 659 g/mol. The third-order valence-corrected chi connectivity index (χ3v) is 8.66. The van der Waals surface area contributed by atoms with E-state index in [1.54, 1.807) is 12.1 Å². The number of fused-ring (bicyclic) bond motifs is 2. The predicted molar refractivity (Wildman–Crippen MR) is 146 cm³/mol. The van der Waals surface area contributed by atoms with Gasteiger partial charge in [0.15, 0.2) is 23.2 Å². The molecule has 0 aliphatic carbocycles. The van der Waals surface area contributed by atoms with Crippen molar-refractivity contribution in [1.29, 1.82) is 0 Å². The molecule has 0 aromatic carbocycles. The average Bonchev–Trinajstić information content (AvgIpc) is 3.73. The summed E-state index contributed by atoms with van der Waals surface area (Å²) in [5.74, 6) is -0.0402. The molecule has 6 rings (SSSR count). The van der Waals surface area contributed by atoms with Gasteiger partial charge in [-0.05, 0) is 12.1 Å². The van der Waals surface area contributed by atoms with Crippen LogP contribution in [0.25, 0.3) is 16.7 Å². The molecule has 0 spiro atoms. The number of phosphoric acid groups is 1. The maximum atomic E-state index is 13.1. The second-order valence-electron chi connectivity index (χ2n) is 9.87. The molecule has 9 N–H and O–H groups in total. The fraction of sp³-hybridized carbons (Fsp3) is 0.476. The molecule has 238 valence electrons. The number of aliphatic hydroxyl groups is 2. The van der Waals surface area contributed by atoms with Crippen LogP contribution >= 0.6 is 16.1 Å². The van der Waals surface area contributed by atoms with E-state index in [9.17, 15) is 33.9 Å². The molecule has 44 heavy (non-hydrogen) atoms. The Morgan fingerprint density at radius 3 is 2.77 bits per heavy atom. The molecular weight excluding hydrogens is 632 g/mol. The van der Waals surface area contributed by atoms with Crippen molar-refractivity contribution < 1.29 is 52.2 Å². The van der Waals surface area contributed by atoms with E-state index in [0.29, 0.717) is 11.2 Å².